The summed E-state index contributed by atoms with van der Waals surface area (Å²) in [6.45, 7) is 1.36. The molecule has 106 valence electrons. The van der Waals surface area contributed by atoms with Crippen LogP contribution in [0.4, 0.5) is 0 Å². The number of nitrogens with one attached hydrogen (secondary N) is 1. The molecule has 2 rings (SSSR count). The summed E-state index contributed by atoms with van der Waals surface area (Å²) in [5, 5.41) is 3.43. The average molecular weight is 252 g/mol. The quantitative estimate of drug-likeness (QED) is 0.771. The van der Waals surface area contributed by atoms with E-state index >= 15 is 0 Å². The lowest BCUT2D eigenvalue weighted by Gasteiger charge is -2.36. The summed E-state index contributed by atoms with van der Waals surface area (Å²) < 4.78 is 0. The molecule has 0 atom stereocenters. The molecule has 0 aromatic carbocycles. The van der Waals surface area contributed by atoms with Crippen LogP contribution in [0.5, 0.6) is 0 Å². The van der Waals surface area contributed by atoms with Gasteiger partial charge in [-0.25, -0.2) is 0 Å². The Balaban J connectivity index is 1.72. The summed E-state index contributed by atoms with van der Waals surface area (Å²) >= 11 is 0. The van der Waals surface area contributed by atoms with Gasteiger partial charge in [0.2, 0.25) is 0 Å². The van der Waals surface area contributed by atoms with Crippen molar-refractivity contribution in [2.75, 3.05) is 20.6 Å². The van der Waals surface area contributed by atoms with Gasteiger partial charge < -0.3 is 10.2 Å². The first-order valence-corrected chi connectivity index (χ1v) is 8.17. The average Bonchev–Trinajstić information content (AvgIpc) is 2.67. The Hall–Kier alpha value is -0.0800. The normalized spacial score (nSPS) is 31.5. The molecule has 0 saturated heterocycles. The number of rotatable bonds is 4. The molecule has 2 saturated carbocycles. The van der Waals surface area contributed by atoms with E-state index in [4.69, 9.17) is 0 Å². The van der Waals surface area contributed by atoms with E-state index in [0.717, 1.165) is 18.0 Å². The maximum atomic E-state index is 3.43. The fraction of sp³-hybridized carbons (Fsp3) is 1.00. The molecule has 0 radical (unpaired) electrons. The lowest BCUT2D eigenvalue weighted by Crippen LogP contribution is -2.41. The minimum atomic E-state index is 0.785. The predicted octanol–water partition coefficient (Wildman–Crippen LogP) is 3.42. The second kappa shape index (κ2) is 7.49. The minimum Gasteiger partial charge on any atom is -0.317 e. The molecular formula is C16H32N2. The highest BCUT2D eigenvalue weighted by Gasteiger charge is 2.24. The summed E-state index contributed by atoms with van der Waals surface area (Å²) in [6, 6.07) is 1.64. The zero-order valence-corrected chi connectivity index (χ0v) is 12.5. The van der Waals surface area contributed by atoms with Crippen LogP contribution in [0.1, 0.15) is 64.2 Å². The topological polar surface area (TPSA) is 15.3 Å². The van der Waals surface area contributed by atoms with Crippen LogP contribution in [-0.2, 0) is 0 Å². The van der Waals surface area contributed by atoms with Gasteiger partial charge in [0.15, 0.2) is 0 Å². The predicted molar refractivity (Wildman–Crippen MR) is 78.9 cm³/mol. The van der Waals surface area contributed by atoms with Gasteiger partial charge in [-0.15, -0.1) is 0 Å². The lowest BCUT2D eigenvalue weighted by atomic mass is 9.89. The highest BCUT2D eigenvalue weighted by atomic mass is 15.1. The summed E-state index contributed by atoms with van der Waals surface area (Å²) in [5.74, 6) is 0.986. The highest BCUT2D eigenvalue weighted by molar-refractivity contribution is 4.82. The molecule has 18 heavy (non-hydrogen) atoms. The van der Waals surface area contributed by atoms with Crippen LogP contribution in [0.2, 0.25) is 0 Å². The molecule has 1 N–H and O–H groups in total. The highest BCUT2D eigenvalue weighted by Crippen LogP contribution is 2.27. The molecule has 2 heteroatoms. The van der Waals surface area contributed by atoms with Gasteiger partial charge in [0.25, 0.3) is 0 Å². The van der Waals surface area contributed by atoms with Crippen molar-refractivity contribution in [1.29, 1.82) is 0 Å². The van der Waals surface area contributed by atoms with Crippen LogP contribution in [-0.4, -0.2) is 37.6 Å². The molecule has 0 amide bonds. The fourth-order valence-corrected chi connectivity index (χ4v) is 3.91. The fourth-order valence-electron chi connectivity index (χ4n) is 3.91. The summed E-state index contributed by atoms with van der Waals surface area (Å²) in [6.07, 6.45) is 14.4. The van der Waals surface area contributed by atoms with Crippen LogP contribution in [0.15, 0.2) is 0 Å². The zero-order valence-electron chi connectivity index (χ0n) is 12.5. The van der Waals surface area contributed by atoms with Crippen molar-refractivity contribution in [1.82, 2.24) is 10.2 Å². The maximum Gasteiger partial charge on any atom is 0.00934 e. The van der Waals surface area contributed by atoms with E-state index in [2.05, 4.69) is 24.3 Å². The Morgan fingerprint density at radius 2 is 1.50 bits per heavy atom. The van der Waals surface area contributed by atoms with E-state index in [-0.39, 0.29) is 0 Å². The summed E-state index contributed by atoms with van der Waals surface area (Å²) in [7, 11) is 4.48. The SMILES string of the molecule is CNC1CCC(N(C)CC2CCCCCC2)CC1. The first-order valence-electron chi connectivity index (χ1n) is 8.17. The number of hydrogen-bond donors (Lipinski definition) is 1. The van der Waals surface area contributed by atoms with E-state index in [1.54, 1.807) is 0 Å². The molecule has 0 aromatic rings. The Bertz CT molecular complexity index is 213. The number of nitrogens with zero attached hydrogens (tertiary/aromatic N) is 1. The van der Waals surface area contributed by atoms with Crippen LogP contribution in [0.3, 0.4) is 0 Å². The van der Waals surface area contributed by atoms with Gasteiger partial charge in [0.1, 0.15) is 0 Å². The molecule has 0 aliphatic heterocycles. The first kappa shape index (κ1) is 14.3. The first-order chi connectivity index (χ1) is 8.79. The molecule has 0 heterocycles. The van der Waals surface area contributed by atoms with Crippen LogP contribution in [0.25, 0.3) is 0 Å². The van der Waals surface area contributed by atoms with Crippen molar-refractivity contribution in [3.05, 3.63) is 0 Å². The van der Waals surface area contributed by atoms with Crippen LogP contribution >= 0.6 is 0 Å². The van der Waals surface area contributed by atoms with Crippen molar-refractivity contribution in [3.63, 3.8) is 0 Å². The standard InChI is InChI=1S/C16H32N2/c1-17-15-9-11-16(12-10-15)18(2)13-14-7-5-3-4-6-8-14/h14-17H,3-13H2,1-2H3. The molecule has 2 nitrogen and oxygen atoms in total. The molecule has 2 fully saturated rings. The molecule has 2 aliphatic rings. The third kappa shape index (κ3) is 4.24. The molecule has 0 bridgehead atoms. The van der Waals surface area contributed by atoms with Crippen molar-refractivity contribution in [3.8, 4) is 0 Å². The van der Waals surface area contributed by atoms with Crippen LogP contribution < -0.4 is 5.32 Å². The third-order valence-electron chi connectivity index (χ3n) is 5.25. The second-order valence-electron chi connectivity index (χ2n) is 6.59. The Morgan fingerprint density at radius 1 is 0.889 bits per heavy atom. The van der Waals surface area contributed by atoms with E-state index in [1.165, 1.54) is 70.8 Å². The smallest absolute Gasteiger partial charge is 0.00934 e. The van der Waals surface area contributed by atoms with Gasteiger partial charge in [-0.1, -0.05) is 25.7 Å². The Morgan fingerprint density at radius 3 is 2.06 bits per heavy atom. The van der Waals surface area contributed by atoms with Gasteiger partial charge >= 0.3 is 0 Å². The van der Waals surface area contributed by atoms with Crippen molar-refractivity contribution in [2.24, 2.45) is 5.92 Å². The van der Waals surface area contributed by atoms with E-state index < -0.39 is 0 Å². The summed E-state index contributed by atoms with van der Waals surface area (Å²) in [5.41, 5.74) is 0. The van der Waals surface area contributed by atoms with Gasteiger partial charge in [-0.3, -0.25) is 0 Å². The Kier molecular flexibility index (Phi) is 5.97. The maximum absolute atomic E-state index is 3.43. The largest absolute Gasteiger partial charge is 0.317 e. The molecule has 2 aliphatic carbocycles. The molecular weight excluding hydrogens is 220 g/mol. The summed E-state index contributed by atoms with van der Waals surface area (Å²) in [4.78, 5) is 2.68. The van der Waals surface area contributed by atoms with Crippen LogP contribution in [0, 0.1) is 5.92 Å². The monoisotopic (exact) mass is 252 g/mol. The second-order valence-corrected chi connectivity index (χ2v) is 6.59. The van der Waals surface area contributed by atoms with E-state index in [9.17, 15) is 0 Å². The van der Waals surface area contributed by atoms with E-state index in [1.807, 2.05) is 0 Å². The van der Waals surface area contributed by atoms with Crippen molar-refractivity contribution >= 4 is 0 Å². The molecule has 0 aromatic heterocycles. The van der Waals surface area contributed by atoms with Gasteiger partial charge in [0, 0.05) is 18.6 Å². The van der Waals surface area contributed by atoms with E-state index in [0.29, 0.717) is 0 Å². The zero-order chi connectivity index (χ0) is 12.8. The van der Waals surface area contributed by atoms with Crippen molar-refractivity contribution in [2.45, 2.75) is 76.3 Å². The molecule has 0 unspecified atom stereocenters. The Labute approximate surface area is 114 Å². The van der Waals surface area contributed by atoms with Gasteiger partial charge in [0.05, 0.1) is 0 Å². The van der Waals surface area contributed by atoms with Crippen molar-refractivity contribution < 1.29 is 0 Å². The van der Waals surface area contributed by atoms with Gasteiger partial charge in [-0.2, -0.15) is 0 Å². The minimum absolute atomic E-state index is 0.785. The molecule has 0 spiro atoms. The third-order valence-corrected chi connectivity index (χ3v) is 5.25. The van der Waals surface area contributed by atoms with Gasteiger partial charge in [-0.05, 0) is 58.5 Å². The number of hydrogen-bond acceptors (Lipinski definition) is 2. The lowest BCUT2D eigenvalue weighted by molar-refractivity contribution is 0.149.